The van der Waals surface area contributed by atoms with Gasteiger partial charge in [0, 0.05) is 28.5 Å². The van der Waals surface area contributed by atoms with E-state index in [1.54, 1.807) is 6.20 Å². The summed E-state index contributed by atoms with van der Waals surface area (Å²) in [7, 11) is 0. The van der Waals surface area contributed by atoms with Gasteiger partial charge in [-0.15, -0.1) is 0 Å². The van der Waals surface area contributed by atoms with E-state index in [1.807, 2.05) is 42.5 Å². The molecule has 21 heavy (non-hydrogen) atoms. The lowest BCUT2D eigenvalue weighted by Crippen LogP contribution is -2.06. The van der Waals surface area contributed by atoms with Gasteiger partial charge in [0.05, 0.1) is 11.2 Å². The minimum absolute atomic E-state index is 0.112. The molecular weight excluding hydrogens is 330 g/mol. The molecule has 0 unspecified atom stereocenters. The van der Waals surface area contributed by atoms with Gasteiger partial charge in [0.2, 0.25) is 5.91 Å². The Kier molecular flexibility index (Phi) is 3.66. The van der Waals surface area contributed by atoms with Crippen molar-refractivity contribution in [2.75, 3.05) is 5.32 Å². The lowest BCUT2D eigenvalue weighted by Gasteiger charge is -2.07. The molecule has 5 heteroatoms. The third-order valence-corrected chi connectivity index (χ3v) is 3.57. The van der Waals surface area contributed by atoms with Gasteiger partial charge in [0.15, 0.2) is 5.82 Å². The molecule has 1 amide bonds. The normalized spacial score (nSPS) is 10.6. The van der Waals surface area contributed by atoms with Crippen LogP contribution in [0, 0.1) is 0 Å². The SMILES string of the molecule is CC(=O)Nc1cccc2nc(-c3ccc(Br)cc3)ncc12. The van der Waals surface area contributed by atoms with Crippen LogP contribution < -0.4 is 5.32 Å². The summed E-state index contributed by atoms with van der Waals surface area (Å²) in [6, 6.07) is 13.4. The van der Waals surface area contributed by atoms with Crippen molar-refractivity contribution in [3.05, 3.63) is 53.1 Å². The molecule has 0 radical (unpaired) electrons. The van der Waals surface area contributed by atoms with Crippen molar-refractivity contribution in [2.24, 2.45) is 0 Å². The highest BCUT2D eigenvalue weighted by molar-refractivity contribution is 9.10. The second-order valence-electron chi connectivity index (χ2n) is 4.62. The first-order valence-electron chi connectivity index (χ1n) is 6.43. The van der Waals surface area contributed by atoms with Gasteiger partial charge in [0.25, 0.3) is 0 Å². The van der Waals surface area contributed by atoms with Gasteiger partial charge in [-0.1, -0.05) is 34.1 Å². The Hall–Kier alpha value is -2.27. The Morgan fingerprint density at radius 2 is 1.90 bits per heavy atom. The van der Waals surface area contributed by atoms with Crippen LogP contribution in [-0.4, -0.2) is 15.9 Å². The Labute approximate surface area is 130 Å². The minimum atomic E-state index is -0.112. The Morgan fingerprint density at radius 1 is 1.14 bits per heavy atom. The van der Waals surface area contributed by atoms with Gasteiger partial charge in [0.1, 0.15) is 0 Å². The number of nitrogens with zero attached hydrogens (tertiary/aromatic N) is 2. The van der Waals surface area contributed by atoms with E-state index >= 15 is 0 Å². The number of carbonyl (C=O) groups is 1. The summed E-state index contributed by atoms with van der Waals surface area (Å²) in [6.07, 6.45) is 1.74. The van der Waals surface area contributed by atoms with Gasteiger partial charge in [-0.25, -0.2) is 9.97 Å². The van der Waals surface area contributed by atoms with Gasteiger partial charge < -0.3 is 5.32 Å². The number of amides is 1. The number of rotatable bonds is 2. The second kappa shape index (κ2) is 5.61. The maximum atomic E-state index is 11.2. The molecule has 3 rings (SSSR count). The number of aromatic nitrogens is 2. The van der Waals surface area contributed by atoms with E-state index in [4.69, 9.17) is 0 Å². The molecule has 0 atom stereocenters. The molecule has 0 bridgehead atoms. The molecule has 0 aliphatic heterocycles. The molecule has 0 saturated heterocycles. The molecule has 2 aromatic carbocycles. The van der Waals surface area contributed by atoms with Crippen molar-refractivity contribution in [2.45, 2.75) is 6.92 Å². The summed E-state index contributed by atoms with van der Waals surface area (Å²) in [4.78, 5) is 20.2. The number of fused-ring (bicyclic) bond motifs is 1. The number of benzene rings is 2. The number of halogens is 1. The fourth-order valence-electron chi connectivity index (χ4n) is 2.09. The fraction of sp³-hybridized carbons (Fsp3) is 0.0625. The van der Waals surface area contributed by atoms with Gasteiger partial charge in [-0.2, -0.15) is 0 Å². The monoisotopic (exact) mass is 341 g/mol. The number of carbonyl (C=O) groups excluding carboxylic acids is 1. The summed E-state index contributed by atoms with van der Waals surface area (Å²) < 4.78 is 1.01. The van der Waals surface area contributed by atoms with Crippen LogP contribution in [-0.2, 0) is 4.79 Å². The maximum absolute atomic E-state index is 11.2. The van der Waals surface area contributed by atoms with E-state index < -0.39 is 0 Å². The molecule has 1 aromatic heterocycles. The number of hydrogen-bond acceptors (Lipinski definition) is 3. The molecule has 104 valence electrons. The van der Waals surface area contributed by atoms with Gasteiger partial charge >= 0.3 is 0 Å². The van der Waals surface area contributed by atoms with Crippen LogP contribution in [0.15, 0.2) is 53.1 Å². The number of anilines is 1. The quantitative estimate of drug-likeness (QED) is 0.765. The molecular formula is C16H12BrN3O. The first-order chi connectivity index (χ1) is 10.1. The third kappa shape index (κ3) is 2.92. The van der Waals surface area contributed by atoms with Crippen molar-refractivity contribution in [1.29, 1.82) is 0 Å². The predicted octanol–water partition coefficient (Wildman–Crippen LogP) is 4.02. The Morgan fingerprint density at radius 3 is 2.62 bits per heavy atom. The van der Waals surface area contributed by atoms with Crippen molar-refractivity contribution < 1.29 is 4.79 Å². The molecule has 0 aliphatic rings. The lowest BCUT2D eigenvalue weighted by molar-refractivity contribution is -0.114. The summed E-state index contributed by atoms with van der Waals surface area (Å²) in [6.45, 7) is 1.48. The van der Waals surface area contributed by atoms with Gasteiger partial charge in [-0.3, -0.25) is 4.79 Å². The zero-order chi connectivity index (χ0) is 14.8. The molecule has 3 aromatic rings. The van der Waals surface area contributed by atoms with Crippen LogP contribution in [0.5, 0.6) is 0 Å². The van der Waals surface area contributed by atoms with E-state index in [0.29, 0.717) is 5.82 Å². The maximum Gasteiger partial charge on any atom is 0.221 e. The molecule has 0 saturated carbocycles. The van der Waals surface area contributed by atoms with Crippen LogP contribution in [0.4, 0.5) is 5.69 Å². The van der Waals surface area contributed by atoms with E-state index in [-0.39, 0.29) is 5.91 Å². The minimum Gasteiger partial charge on any atom is -0.326 e. The second-order valence-corrected chi connectivity index (χ2v) is 5.54. The van der Waals surface area contributed by atoms with Crippen LogP contribution in [0.25, 0.3) is 22.3 Å². The molecule has 1 N–H and O–H groups in total. The third-order valence-electron chi connectivity index (χ3n) is 3.04. The average Bonchev–Trinajstić information content (AvgIpc) is 2.47. The van der Waals surface area contributed by atoms with Crippen LogP contribution in [0.2, 0.25) is 0 Å². The summed E-state index contributed by atoms with van der Waals surface area (Å²) in [5, 5.41) is 3.62. The first kappa shape index (κ1) is 13.7. The topological polar surface area (TPSA) is 54.9 Å². The van der Waals surface area contributed by atoms with Crippen LogP contribution >= 0.6 is 15.9 Å². The van der Waals surface area contributed by atoms with E-state index in [0.717, 1.165) is 26.6 Å². The van der Waals surface area contributed by atoms with E-state index in [9.17, 15) is 4.79 Å². The summed E-state index contributed by atoms with van der Waals surface area (Å²) in [5.41, 5.74) is 2.47. The zero-order valence-electron chi connectivity index (χ0n) is 11.3. The van der Waals surface area contributed by atoms with Crippen LogP contribution in [0.3, 0.4) is 0 Å². The highest BCUT2D eigenvalue weighted by atomic mass is 79.9. The van der Waals surface area contributed by atoms with E-state index in [2.05, 4.69) is 31.2 Å². The first-order valence-corrected chi connectivity index (χ1v) is 7.22. The highest BCUT2D eigenvalue weighted by Gasteiger charge is 2.07. The van der Waals surface area contributed by atoms with Crippen molar-refractivity contribution in [1.82, 2.24) is 9.97 Å². The number of nitrogens with one attached hydrogen (secondary N) is 1. The smallest absolute Gasteiger partial charge is 0.221 e. The molecule has 0 aliphatic carbocycles. The molecule has 0 fully saturated rings. The molecule has 0 spiro atoms. The Bertz CT molecular complexity index is 815. The van der Waals surface area contributed by atoms with E-state index in [1.165, 1.54) is 6.92 Å². The summed E-state index contributed by atoms with van der Waals surface area (Å²) >= 11 is 3.41. The standard InChI is InChI=1S/C16H12BrN3O/c1-10(21)19-14-3-2-4-15-13(14)9-18-16(20-15)11-5-7-12(17)8-6-11/h2-9H,1H3,(H,19,21). The van der Waals surface area contributed by atoms with Crippen molar-refractivity contribution in [3.63, 3.8) is 0 Å². The fourth-order valence-corrected chi connectivity index (χ4v) is 2.36. The average molecular weight is 342 g/mol. The van der Waals surface area contributed by atoms with Crippen LogP contribution in [0.1, 0.15) is 6.92 Å². The van der Waals surface area contributed by atoms with Gasteiger partial charge in [-0.05, 0) is 24.3 Å². The summed E-state index contributed by atoms with van der Waals surface area (Å²) in [5.74, 6) is 0.550. The highest BCUT2D eigenvalue weighted by Crippen LogP contribution is 2.24. The zero-order valence-corrected chi connectivity index (χ0v) is 12.9. The predicted molar refractivity (Wildman–Crippen MR) is 87.0 cm³/mol. The lowest BCUT2D eigenvalue weighted by atomic mass is 10.1. The molecule has 1 heterocycles. The largest absolute Gasteiger partial charge is 0.326 e. The number of hydrogen-bond donors (Lipinski definition) is 1. The van der Waals surface area contributed by atoms with Crippen molar-refractivity contribution in [3.8, 4) is 11.4 Å². The Balaban J connectivity index is 2.08. The molecule has 4 nitrogen and oxygen atoms in total. The van der Waals surface area contributed by atoms with Crippen molar-refractivity contribution >= 4 is 38.4 Å².